The minimum absolute atomic E-state index is 0.279. The van der Waals surface area contributed by atoms with E-state index in [-0.39, 0.29) is 6.04 Å². The molecule has 2 aromatic rings. The van der Waals surface area contributed by atoms with Gasteiger partial charge in [-0.1, -0.05) is 37.3 Å². The molecule has 20 heavy (non-hydrogen) atoms. The maximum atomic E-state index is 9.89. The first-order valence-electron chi connectivity index (χ1n) is 6.88. The molecule has 3 nitrogen and oxygen atoms in total. The van der Waals surface area contributed by atoms with E-state index in [0.717, 1.165) is 17.7 Å². The molecule has 0 aromatic heterocycles. The van der Waals surface area contributed by atoms with Crippen LogP contribution >= 0.6 is 0 Å². The summed E-state index contributed by atoms with van der Waals surface area (Å²) in [4.78, 5) is 0. The summed E-state index contributed by atoms with van der Waals surface area (Å²) in [5.74, 6) is 1.05. The van der Waals surface area contributed by atoms with Gasteiger partial charge in [-0.05, 0) is 30.2 Å². The summed E-state index contributed by atoms with van der Waals surface area (Å²) >= 11 is 0. The van der Waals surface area contributed by atoms with Crippen LogP contribution in [-0.2, 0) is 6.54 Å². The number of nitrogens with one attached hydrogen (secondary N) is 1. The molecule has 2 N–H and O–H groups in total. The monoisotopic (exact) mass is 271 g/mol. The Hall–Kier alpha value is -2.00. The molecule has 0 saturated heterocycles. The van der Waals surface area contributed by atoms with Crippen molar-refractivity contribution in [3.05, 3.63) is 59.7 Å². The highest BCUT2D eigenvalue weighted by atomic mass is 16.5. The molecule has 0 fully saturated rings. The van der Waals surface area contributed by atoms with Crippen LogP contribution in [0.5, 0.6) is 11.5 Å². The number of hydrogen-bond donors (Lipinski definition) is 2. The topological polar surface area (TPSA) is 41.5 Å². The fourth-order valence-corrected chi connectivity index (χ4v) is 2.25. The fourth-order valence-electron chi connectivity index (χ4n) is 2.25. The number of ether oxygens (including phenoxy) is 1. The molecule has 0 heterocycles. The second-order valence-electron chi connectivity index (χ2n) is 4.75. The number of phenolic OH excluding ortho intramolecular Hbond substituents is 1. The van der Waals surface area contributed by atoms with E-state index >= 15 is 0 Å². The quantitative estimate of drug-likeness (QED) is 0.842. The SMILES string of the molecule is CCC(NCc1cc(OC)ccc1O)c1ccccc1. The predicted octanol–water partition coefficient (Wildman–Crippen LogP) is 3.64. The Morgan fingerprint density at radius 3 is 2.55 bits per heavy atom. The second kappa shape index (κ2) is 6.96. The van der Waals surface area contributed by atoms with Crippen molar-refractivity contribution in [2.75, 3.05) is 7.11 Å². The van der Waals surface area contributed by atoms with Crippen molar-refractivity contribution in [1.29, 1.82) is 0 Å². The van der Waals surface area contributed by atoms with Crippen LogP contribution in [0.15, 0.2) is 48.5 Å². The second-order valence-corrected chi connectivity index (χ2v) is 4.75. The summed E-state index contributed by atoms with van der Waals surface area (Å²) in [6.45, 7) is 2.76. The van der Waals surface area contributed by atoms with Gasteiger partial charge in [0.15, 0.2) is 0 Å². The van der Waals surface area contributed by atoms with Gasteiger partial charge in [0, 0.05) is 18.2 Å². The molecule has 1 unspecified atom stereocenters. The van der Waals surface area contributed by atoms with Gasteiger partial charge in [0.05, 0.1) is 7.11 Å². The molecule has 0 bridgehead atoms. The van der Waals surface area contributed by atoms with E-state index < -0.39 is 0 Å². The van der Waals surface area contributed by atoms with Crippen molar-refractivity contribution in [2.45, 2.75) is 25.9 Å². The average Bonchev–Trinajstić information content (AvgIpc) is 2.50. The molecular weight excluding hydrogens is 250 g/mol. The van der Waals surface area contributed by atoms with Gasteiger partial charge in [-0.15, -0.1) is 0 Å². The Balaban J connectivity index is 2.07. The lowest BCUT2D eigenvalue weighted by atomic mass is 10.0. The molecule has 0 aliphatic carbocycles. The standard InChI is InChI=1S/C17H21NO2/c1-3-16(13-7-5-4-6-8-13)18-12-14-11-15(20-2)9-10-17(14)19/h4-11,16,18-19H,3,12H2,1-2H3. The van der Waals surface area contributed by atoms with Crippen molar-refractivity contribution < 1.29 is 9.84 Å². The van der Waals surface area contributed by atoms with Crippen LogP contribution in [0, 0.1) is 0 Å². The highest BCUT2D eigenvalue weighted by Gasteiger charge is 2.10. The van der Waals surface area contributed by atoms with Gasteiger partial charge >= 0.3 is 0 Å². The van der Waals surface area contributed by atoms with Crippen LogP contribution in [0.25, 0.3) is 0 Å². The molecule has 0 radical (unpaired) electrons. The predicted molar refractivity (Wildman–Crippen MR) is 81.0 cm³/mol. The van der Waals surface area contributed by atoms with Gasteiger partial charge in [-0.25, -0.2) is 0 Å². The number of methoxy groups -OCH3 is 1. The zero-order valence-corrected chi connectivity index (χ0v) is 12.0. The van der Waals surface area contributed by atoms with Crippen LogP contribution in [0.2, 0.25) is 0 Å². The zero-order chi connectivity index (χ0) is 14.4. The van der Waals surface area contributed by atoms with Gasteiger partial charge < -0.3 is 15.2 Å². The van der Waals surface area contributed by atoms with E-state index in [2.05, 4.69) is 24.4 Å². The minimum Gasteiger partial charge on any atom is -0.508 e. The van der Waals surface area contributed by atoms with E-state index in [4.69, 9.17) is 4.74 Å². The summed E-state index contributed by atoms with van der Waals surface area (Å²) in [6, 6.07) is 15.9. The van der Waals surface area contributed by atoms with Gasteiger partial charge in [-0.3, -0.25) is 0 Å². The Morgan fingerprint density at radius 2 is 1.90 bits per heavy atom. The van der Waals surface area contributed by atoms with Gasteiger partial charge in [0.2, 0.25) is 0 Å². The molecule has 0 aliphatic heterocycles. The van der Waals surface area contributed by atoms with Crippen molar-refractivity contribution in [3.63, 3.8) is 0 Å². The number of phenols is 1. The fraction of sp³-hybridized carbons (Fsp3) is 0.294. The normalized spacial score (nSPS) is 12.1. The number of benzene rings is 2. The highest BCUT2D eigenvalue weighted by molar-refractivity contribution is 5.39. The molecule has 3 heteroatoms. The van der Waals surface area contributed by atoms with Crippen LogP contribution < -0.4 is 10.1 Å². The molecule has 2 rings (SSSR count). The van der Waals surface area contributed by atoms with Gasteiger partial charge in [0.25, 0.3) is 0 Å². The Labute approximate surface area is 120 Å². The van der Waals surface area contributed by atoms with Crippen LogP contribution in [0.1, 0.15) is 30.5 Å². The van der Waals surface area contributed by atoms with Crippen molar-refractivity contribution >= 4 is 0 Å². The van der Waals surface area contributed by atoms with E-state index in [0.29, 0.717) is 12.3 Å². The lowest BCUT2D eigenvalue weighted by Crippen LogP contribution is -2.20. The number of hydrogen-bond acceptors (Lipinski definition) is 3. The van der Waals surface area contributed by atoms with Crippen molar-refractivity contribution in [2.24, 2.45) is 0 Å². The third-order valence-electron chi connectivity index (χ3n) is 3.44. The molecule has 0 spiro atoms. The number of aromatic hydroxyl groups is 1. The Bertz CT molecular complexity index is 540. The molecule has 1 atom stereocenters. The third-order valence-corrected chi connectivity index (χ3v) is 3.44. The molecule has 0 aliphatic rings. The van der Waals surface area contributed by atoms with Crippen LogP contribution in [0.4, 0.5) is 0 Å². The summed E-state index contributed by atoms with van der Waals surface area (Å²) in [6.07, 6.45) is 0.995. The highest BCUT2D eigenvalue weighted by Crippen LogP contribution is 2.24. The minimum atomic E-state index is 0.279. The van der Waals surface area contributed by atoms with Crippen molar-refractivity contribution in [3.8, 4) is 11.5 Å². The summed E-state index contributed by atoms with van der Waals surface area (Å²) in [5, 5.41) is 13.4. The molecular formula is C17H21NO2. The average molecular weight is 271 g/mol. The number of rotatable bonds is 6. The van der Waals surface area contributed by atoms with Crippen LogP contribution in [-0.4, -0.2) is 12.2 Å². The van der Waals surface area contributed by atoms with E-state index in [9.17, 15) is 5.11 Å². The third kappa shape index (κ3) is 3.52. The summed E-state index contributed by atoms with van der Waals surface area (Å²) in [5.41, 5.74) is 2.11. The maximum absolute atomic E-state index is 9.89. The first-order valence-corrected chi connectivity index (χ1v) is 6.88. The largest absolute Gasteiger partial charge is 0.508 e. The summed E-state index contributed by atoms with van der Waals surface area (Å²) in [7, 11) is 1.63. The molecule has 0 amide bonds. The van der Waals surface area contributed by atoms with Gasteiger partial charge in [-0.2, -0.15) is 0 Å². The van der Waals surface area contributed by atoms with Gasteiger partial charge in [0.1, 0.15) is 11.5 Å². The molecule has 2 aromatic carbocycles. The molecule has 106 valence electrons. The van der Waals surface area contributed by atoms with Crippen LogP contribution in [0.3, 0.4) is 0 Å². The first-order chi connectivity index (χ1) is 9.74. The maximum Gasteiger partial charge on any atom is 0.120 e. The smallest absolute Gasteiger partial charge is 0.120 e. The Kier molecular flexibility index (Phi) is 5.02. The summed E-state index contributed by atoms with van der Waals surface area (Å²) < 4.78 is 5.19. The lowest BCUT2D eigenvalue weighted by molar-refractivity contribution is 0.409. The Morgan fingerprint density at radius 1 is 1.15 bits per heavy atom. The lowest BCUT2D eigenvalue weighted by Gasteiger charge is -2.18. The van der Waals surface area contributed by atoms with Crippen molar-refractivity contribution in [1.82, 2.24) is 5.32 Å². The van der Waals surface area contributed by atoms with E-state index in [1.807, 2.05) is 24.3 Å². The van der Waals surface area contributed by atoms with E-state index in [1.165, 1.54) is 5.56 Å². The molecule has 0 saturated carbocycles. The van der Waals surface area contributed by atoms with E-state index in [1.54, 1.807) is 19.2 Å². The first kappa shape index (κ1) is 14.4. The zero-order valence-electron chi connectivity index (χ0n) is 12.0.